The van der Waals surface area contributed by atoms with Gasteiger partial charge in [-0.15, -0.1) is 0 Å². The van der Waals surface area contributed by atoms with E-state index in [2.05, 4.69) is 10.3 Å². The summed E-state index contributed by atoms with van der Waals surface area (Å²) in [5.74, 6) is -0.683. The van der Waals surface area contributed by atoms with Gasteiger partial charge in [0.1, 0.15) is 17.8 Å². The van der Waals surface area contributed by atoms with Crippen LogP contribution >= 0.6 is 0 Å². The van der Waals surface area contributed by atoms with Gasteiger partial charge in [-0.2, -0.15) is 0 Å². The Morgan fingerprint density at radius 2 is 1.76 bits per heavy atom. The van der Waals surface area contributed by atoms with Crippen LogP contribution in [0.1, 0.15) is 10.5 Å². The van der Waals surface area contributed by atoms with Gasteiger partial charge < -0.3 is 9.88 Å². The average Bonchev–Trinajstić information content (AvgIpc) is 3.00. The van der Waals surface area contributed by atoms with E-state index in [0.717, 1.165) is 5.69 Å². The summed E-state index contributed by atoms with van der Waals surface area (Å²) in [4.78, 5) is 16.1. The molecule has 1 heterocycles. The van der Waals surface area contributed by atoms with Crippen molar-refractivity contribution in [2.75, 3.05) is 5.32 Å². The molecule has 0 fully saturated rings. The van der Waals surface area contributed by atoms with Gasteiger partial charge in [0.15, 0.2) is 0 Å². The largest absolute Gasteiger partial charge is 0.321 e. The van der Waals surface area contributed by atoms with Crippen molar-refractivity contribution in [2.45, 2.75) is 0 Å². The van der Waals surface area contributed by atoms with E-state index in [-0.39, 0.29) is 11.7 Å². The van der Waals surface area contributed by atoms with Crippen molar-refractivity contribution in [1.29, 1.82) is 0 Å². The normalized spacial score (nSPS) is 10.3. The number of hydrogen-bond acceptors (Lipinski definition) is 2. The van der Waals surface area contributed by atoms with Gasteiger partial charge >= 0.3 is 0 Å². The molecule has 0 unspecified atom stereocenters. The number of benzene rings is 2. The Hall–Kier alpha value is -2.95. The molecule has 5 heteroatoms. The van der Waals surface area contributed by atoms with E-state index in [1.54, 1.807) is 17.1 Å². The summed E-state index contributed by atoms with van der Waals surface area (Å²) in [6.45, 7) is 0. The van der Waals surface area contributed by atoms with Crippen molar-refractivity contribution in [3.63, 3.8) is 0 Å². The third-order valence-corrected chi connectivity index (χ3v) is 2.97. The predicted octanol–water partition coefficient (Wildman–Crippen LogP) is 3.26. The molecule has 0 saturated heterocycles. The van der Waals surface area contributed by atoms with Gasteiger partial charge in [-0.25, -0.2) is 9.37 Å². The number of imidazole rings is 1. The van der Waals surface area contributed by atoms with Gasteiger partial charge in [0, 0.05) is 17.6 Å². The fourth-order valence-electron chi connectivity index (χ4n) is 1.91. The van der Waals surface area contributed by atoms with Gasteiger partial charge in [0.2, 0.25) is 0 Å². The Morgan fingerprint density at radius 1 is 1.05 bits per heavy atom. The number of hydrogen-bond donors (Lipinski definition) is 1. The van der Waals surface area contributed by atoms with E-state index in [1.165, 1.54) is 24.3 Å². The van der Waals surface area contributed by atoms with Crippen LogP contribution in [-0.4, -0.2) is 15.5 Å². The molecule has 0 aliphatic carbocycles. The molecule has 2 aromatic carbocycles. The third kappa shape index (κ3) is 2.97. The molecule has 0 radical (unpaired) electrons. The first-order valence-corrected chi connectivity index (χ1v) is 6.39. The standard InChI is InChI=1S/C16H12FN3O/c17-12-6-8-13(9-7-12)19-16(21)15-10-20(11-18-15)14-4-2-1-3-5-14/h1-11H,(H,19,21). The quantitative estimate of drug-likeness (QED) is 0.801. The molecule has 3 aromatic rings. The number of rotatable bonds is 3. The van der Waals surface area contributed by atoms with Crippen LogP contribution in [0.2, 0.25) is 0 Å². The Kier molecular flexibility index (Phi) is 3.47. The summed E-state index contributed by atoms with van der Waals surface area (Å²) < 4.78 is 14.6. The fourth-order valence-corrected chi connectivity index (χ4v) is 1.91. The van der Waals surface area contributed by atoms with E-state index >= 15 is 0 Å². The second-order valence-corrected chi connectivity index (χ2v) is 4.46. The number of carbonyl (C=O) groups is 1. The van der Waals surface area contributed by atoms with Crippen LogP contribution in [0.5, 0.6) is 0 Å². The summed E-state index contributed by atoms with van der Waals surface area (Å²) in [5.41, 5.74) is 1.74. The molecule has 1 aromatic heterocycles. The van der Waals surface area contributed by atoms with E-state index in [0.29, 0.717) is 11.4 Å². The molecule has 104 valence electrons. The van der Waals surface area contributed by atoms with Gasteiger partial charge in [-0.05, 0) is 36.4 Å². The van der Waals surface area contributed by atoms with E-state index < -0.39 is 0 Å². The van der Waals surface area contributed by atoms with Crippen molar-refractivity contribution in [2.24, 2.45) is 0 Å². The minimum atomic E-state index is -0.346. The molecular weight excluding hydrogens is 269 g/mol. The number of para-hydroxylation sites is 1. The van der Waals surface area contributed by atoms with Gasteiger partial charge in [-0.1, -0.05) is 18.2 Å². The molecule has 4 nitrogen and oxygen atoms in total. The van der Waals surface area contributed by atoms with Crippen LogP contribution in [0, 0.1) is 5.82 Å². The summed E-state index contributed by atoms with van der Waals surface area (Å²) in [5, 5.41) is 2.67. The lowest BCUT2D eigenvalue weighted by atomic mass is 10.3. The van der Waals surface area contributed by atoms with Crippen LogP contribution in [0.15, 0.2) is 67.1 Å². The Bertz CT molecular complexity index is 751. The van der Waals surface area contributed by atoms with E-state index in [1.807, 2.05) is 30.3 Å². The lowest BCUT2D eigenvalue weighted by Gasteiger charge is -2.02. The maximum Gasteiger partial charge on any atom is 0.275 e. The zero-order valence-electron chi connectivity index (χ0n) is 11.0. The number of halogens is 1. The number of nitrogens with zero attached hydrogens (tertiary/aromatic N) is 2. The number of amides is 1. The minimum absolute atomic E-state index is 0.295. The molecule has 0 atom stereocenters. The Morgan fingerprint density at radius 3 is 2.48 bits per heavy atom. The molecule has 1 amide bonds. The molecule has 21 heavy (non-hydrogen) atoms. The molecular formula is C16H12FN3O. The zero-order valence-corrected chi connectivity index (χ0v) is 11.0. The Balaban J connectivity index is 1.77. The number of anilines is 1. The SMILES string of the molecule is O=C(Nc1ccc(F)cc1)c1cn(-c2ccccc2)cn1. The lowest BCUT2D eigenvalue weighted by Crippen LogP contribution is -2.12. The fraction of sp³-hybridized carbons (Fsp3) is 0. The van der Waals surface area contributed by atoms with Gasteiger partial charge in [0.05, 0.1) is 0 Å². The van der Waals surface area contributed by atoms with Crippen molar-refractivity contribution in [3.05, 3.63) is 78.6 Å². The second-order valence-electron chi connectivity index (χ2n) is 4.46. The summed E-state index contributed by atoms with van der Waals surface area (Å²) in [7, 11) is 0. The summed E-state index contributed by atoms with van der Waals surface area (Å²) in [6.07, 6.45) is 3.23. The van der Waals surface area contributed by atoms with Crippen LogP contribution in [0.3, 0.4) is 0 Å². The molecule has 0 saturated carbocycles. The maximum absolute atomic E-state index is 12.8. The lowest BCUT2D eigenvalue weighted by molar-refractivity contribution is 0.102. The topological polar surface area (TPSA) is 46.9 Å². The first-order valence-electron chi connectivity index (χ1n) is 6.39. The van der Waals surface area contributed by atoms with Crippen molar-refractivity contribution in [1.82, 2.24) is 9.55 Å². The average molecular weight is 281 g/mol. The highest BCUT2D eigenvalue weighted by molar-refractivity contribution is 6.02. The third-order valence-electron chi connectivity index (χ3n) is 2.97. The smallest absolute Gasteiger partial charge is 0.275 e. The first-order chi connectivity index (χ1) is 10.2. The highest BCUT2D eigenvalue weighted by Crippen LogP contribution is 2.11. The highest BCUT2D eigenvalue weighted by atomic mass is 19.1. The van der Waals surface area contributed by atoms with Crippen molar-refractivity contribution < 1.29 is 9.18 Å². The van der Waals surface area contributed by atoms with Gasteiger partial charge in [-0.3, -0.25) is 4.79 Å². The van der Waals surface area contributed by atoms with Gasteiger partial charge in [0.25, 0.3) is 5.91 Å². The minimum Gasteiger partial charge on any atom is -0.321 e. The summed E-state index contributed by atoms with van der Waals surface area (Å²) in [6, 6.07) is 15.2. The van der Waals surface area contributed by atoms with Crippen molar-refractivity contribution in [3.8, 4) is 5.69 Å². The van der Waals surface area contributed by atoms with E-state index in [9.17, 15) is 9.18 Å². The van der Waals surface area contributed by atoms with Crippen LogP contribution < -0.4 is 5.32 Å². The monoisotopic (exact) mass is 281 g/mol. The summed E-state index contributed by atoms with van der Waals surface area (Å²) >= 11 is 0. The Labute approximate surface area is 120 Å². The van der Waals surface area contributed by atoms with E-state index in [4.69, 9.17) is 0 Å². The first kappa shape index (κ1) is 13.1. The van der Waals surface area contributed by atoms with Crippen LogP contribution in [-0.2, 0) is 0 Å². The molecule has 1 N–H and O–H groups in total. The molecule has 0 aliphatic rings. The maximum atomic E-state index is 12.8. The highest BCUT2D eigenvalue weighted by Gasteiger charge is 2.10. The number of aromatic nitrogens is 2. The molecule has 0 spiro atoms. The number of nitrogens with one attached hydrogen (secondary N) is 1. The van der Waals surface area contributed by atoms with Crippen LogP contribution in [0.4, 0.5) is 10.1 Å². The molecule has 3 rings (SSSR count). The molecule has 0 bridgehead atoms. The second kappa shape index (κ2) is 5.58. The molecule has 0 aliphatic heterocycles. The van der Waals surface area contributed by atoms with Crippen molar-refractivity contribution >= 4 is 11.6 Å². The number of carbonyl (C=O) groups excluding carboxylic acids is 1. The predicted molar refractivity (Wildman–Crippen MR) is 77.9 cm³/mol. The zero-order chi connectivity index (χ0) is 14.7. The van der Waals surface area contributed by atoms with Crippen LogP contribution in [0.25, 0.3) is 5.69 Å².